The maximum absolute atomic E-state index is 13.0. The molecule has 0 spiro atoms. The Balaban J connectivity index is 2.18. The number of phenols is 1. The normalized spacial score (nSPS) is 10.8. The monoisotopic (exact) mass is 306 g/mol. The molecule has 2 rings (SSSR count). The quantitative estimate of drug-likeness (QED) is 0.683. The Bertz CT molecular complexity index is 711. The van der Waals surface area contributed by atoms with Crippen LogP contribution in [0.3, 0.4) is 0 Å². The number of hydrogen-bond acceptors (Lipinski definition) is 3. The molecule has 0 radical (unpaired) electrons. The van der Waals surface area contributed by atoms with Crippen molar-refractivity contribution in [3.05, 3.63) is 64.4 Å². The van der Waals surface area contributed by atoms with Gasteiger partial charge in [0.05, 0.1) is 12.1 Å². The van der Waals surface area contributed by atoms with E-state index in [1.165, 1.54) is 31.4 Å². The highest BCUT2D eigenvalue weighted by atomic mass is 35.5. The maximum Gasteiger partial charge on any atom is 0.185 e. The van der Waals surface area contributed by atoms with E-state index in [1.807, 2.05) is 0 Å². The van der Waals surface area contributed by atoms with E-state index in [9.17, 15) is 14.3 Å². The van der Waals surface area contributed by atoms with Crippen molar-refractivity contribution >= 4 is 23.5 Å². The first-order valence-corrected chi connectivity index (χ1v) is 6.43. The fourth-order valence-corrected chi connectivity index (χ4v) is 1.91. The average Bonchev–Trinajstić information content (AvgIpc) is 2.47. The molecule has 0 unspecified atom stereocenters. The van der Waals surface area contributed by atoms with Gasteiger partial charge in [0.25, 0.3) is 0 Å². The van der Waals surface area contributed by atoms with Gasteiger partial charge in [0.15, 0.2) is 17.3 Å². The Morgan fingerprint density at radius 2 is 2.05 bits per heavy atom. The Labute approximate surface area is 126 Å². The zero-order valence-corrected chi connectivity index (χ0v) is 11.9. The van der Waals surface area contributed by atoms with Gasteiger partial charge in [-0.1, -0.05) is 23.7 Å². The minimum absolute atomic E-state index is 0.0167. The van der Waals surface area contributed by atoms with Crippen LogP contribution < -0.4 is 4.74 Å². The van der Waals surface area contributed by atoms with Gasteiger partial charge >= 0.3 is 0 Å². The molecule has 108 valence electrons. The summed E-state index contributed by atoms with van der Waals surface area (Å²) in [6.07, 6.45) is 2.86. The van der Waals surface area contributed by atoms with Crippen LogP contribution in [0.15, 0.2) is 42.5 Å². The Kier molecular flexibility index (Phi) is 4.60. The van der Waals surface area contributed by atoms with Crippen LogP contribution in [-0.2, 0) is 0 Å². The molecule has 2 aromatic carbocycles. The van der Waals surface area contributed by atoms with Gasteiger partial charge in [-0.25, -0.2) is 4.39 Å². The van der Waals surface area contributed by atoms with Crippen LogP contribution in [0.2, 0.25) is 5.02 Å². The molecule has 0 aliphatic carbocycles. The van der Waals surface area contributed by atoms with Crippen molar-refractivity contribution in [2.75, 3.05) is 7.11 Å². The lowest BCUT2D eigenvalue weighted by Gasteiger charge is -2.03. The van der Waals surface area contributed by atoms with Crippen molar-refractivity contribution in [2.24, 2.45) is 0 Å². The van der Waals surface area contributed by atoms with E-state index in [4.69, 9.17) is 16.3 Å². The number of aromatic hydroxyl groups is 1. The van der Waals surface area contributed by atoms with E-state index >= 15 is 0 Å². The molecule has 1 N–H and O–H groups in total. The summed E-state index contributed by atoms with van der Waals surface area (Å²) in [5.74, 6) is -0.551. The van der Waals surface area contributed by atoms with Crippen LogP contribution in [-0.4, -0.2) is 18.0 Å². The van der Waals surface area contributed by atoms with Gasteiger partial charge in [0.2, 0.25) is 0 Å². The summed E-state index contributed by atoms with van der Waals surface area (Å²) in [6, 6.07) is 8.53. The van der Waals surface area contributed by atoms with E-state index in [0.717, 1.165) is 6.07 Å². The highest BCUT2D eigenvalue weighted by Crippen LogP contribution is 2.26. The third-order valence-electron chi connectivity index (χ3n) is 2.83. The van der Waals surface area contributed by atoms with Gasteiger partial charge in [-0.2, -0.15) is 0 Å². The zero-order valence-electron chi connectivity index (χ0n) is 11.1. The van der Waals surface area contributed by atoms with Crippen molar-refractivity contribution in [2.45, 2.75) is 0 Å². The Hall–Kier alpha value is -2.33. The van der Waals surface area contributed by atoms with Crippen LogP contribution in [0.4, 0.5) is 4.39 Å². The molecule has 5 heteroatoms. The minimum Gasteiger partial charge on any atom is -0.504 e. The van der Waals surface area contributed by atoms with E-state index in [2.05, 4.69) is 0 Å². The molecule has 0 saturated heterocycles. The molecule has 0 aromatic heterocycles. The summed E-state index contributed by atoms with van der Waals surface area (Å²) in [5, 5.41) is 9.54. The van der Waals surface area contributed by atoms with Crippen LogP contribution in [0.25, 0.3) is 6.08 Å². The number of ketones is 1. The van der Waals surface area contributed by atoms with Gasteiger partial charge in [-0.3, -0.25) is 4.79 Å². The second kappa shape index (κ2) is 6.41. The molecule has 0 amide bonds. The van der Waals surface area contributed by atoms with Crippen LogP contribution in [0, 0.1) is 5.82 Å². The zero-order chi connectivity index (χ0) is 15.4. The molecular formula is C16H12ClFO3. The fraction of sp³-hybridized carbons (Fsp3) is 0.0625. The second-order valence-corrected chi connectivity index (χ2v) is 4.66. The number of methoxy groups -OCH3 is 1. The summed E-state index contributed by atoms with van der Waals surface area (Å²) in [4.78, 5) is 11.9. The van der Waals surface area contributed by atoms with Crippen LogP contribution >= 0.6 is 11.6 Å². The molecule has 0 fully saturated rings. The summed E-state index contributed by atoms with van der Waals surface area (Å²) in [7, 11) is 1.45. The summed E-state index contributed by atoms with van der Waals surface area (Å²) in [5.41, 5.74) is 0.922. The number of allylic oxidation sites excluding steroid dienone is 1. The number of halogens is 2. The van der Waals surface area contributed by atoms with Gasteiger partial charge in [0.1, 0.15) is 5.82 Å². The molecule has 21 heavy (non-hydrogen) atoms. The predicted octanol–water partition coefficient (Wildman–Crippen LogP) is 4.09. The first-order valence-electron chi connectivity index (χ1n) is 6.05. The summed E-state index contributed by atoms with van der Waals surface area (Å²) < 4.78 is 18.0. The van der Waals surface area contributed by atoms with Crippen LogP contribution in [0.1, 0.15) is 15.9 Å². The van der Waals surface area contributed by atoms with Crippen molar-refractivity contribution in [3.63, 3.8) is 0 Å². The van der Waals surface area contributed by atoms with E-state index < -0.39 is 5.82 Å². The first kappa shape index (κ1) is 15.1. The number of rotatable bonds is 4. The molecule has 0 aliphatic rings. The molecule has 3 nitrogen and oxygen atoms in total. The first-order chi connectivity index (χ1) is 10.0. The highest BCUT2D eigenvalue weighted by molar-refractivity contribution is 6.31. The third-order valence-corrected chi connectivity index (χ3v) is 3.12. The fourth-order valence-electron chi connectivity index (χ4n) is 1.73. The highest BCUT2D eigenvalue weighted by Gasteiger charge is 2.06. The number of carbonyl (C=O) groups is 1. The van der Waals surface area contributed by atoms with Crippen molar-refractivity contribution in [1.29, 1.82) is 0 Å². The van der Waals surface area contributed by atoms with Gasteiger partial charge in [0, 0.05) is 5.56 Å². The predicted molar refractivity (Wildman–Crippen MR) is 79.4 cm³/mol. The Morgan fingerprint density at radius 3 is 2.67 bits per heavy atom. The SMILES string of the molecule is COc1ccc(/C=C/C(=O)c2ccc(F)c(Cl)c2)cc1O. The van der Waals surface area contributed by atoms with Crippen molar-refractivity contribution in [1.82, 2.24) is 0 Å². The smallest absolute Gasteiger partial charge is 0.185 e. The van der Waals surface area contributed by atoms with Gasteiger partial charge in [-0.15, -0.1) is 0 Å². The standard InChI is InChI=1S/C16H12ClFO3/c1-21-16-7-3-10(8-15(16)20)2-6-14(19)11-4-5-13(18)12(17)9-11/h2-9,20H,1H3/b6-2+. The summed E-state index contributed by atoms with van der Waals surface area (Å²) >= 11 is 5.63. The Morgan fingerprint density at radius 1 is 1.29 bits per heavy atom. The molecule has 0 bridgehead atoms. The molecule has 0 aliphatic heterocycles. The third kappa shape index (κ3) is 3.61. The minimum atomic E-state index is -0.572. The topological polar surface area (TPSA) is 46.5 Å². The average molecular weight is 307 g/mol. The second-order valence-electron chi connectivity index (χ2n) is 4.26. The number of hydrogen-bond donors (Lipinski definition) is 1. The molecule has 0 saturated carbocycles. The number of benzene rings is 2. The van der Waals surface area contributed by atoms with E-state index in [1.54, 1.807) is 18.2 Å². The molecule has 2 aromatic rings. The molecular weight excluding hydrogens is 295 g/mol. The molecule has 0 atom stereocenters. The number of carbonyl (C=O) groups excluding carboxylic acids is 1. The lowest BCUT2D eigenvalue weighted by atomic mass is 10.1. The van der Waals surface area contributed by atoms with Crippen LogP contribution in [0.5, 0.6) is 11.5 Å². The lowest BCUT2D eigenvalue weighted by molar-refractivity contribution is 0.104. The van der Waals surface area contributed by atoms with Gasteiger partial charge in [-0.05, 0) is 42.0 Å². The largest absolute Gasteiger partial charge is 0.504 e. The number of phenolic OH excluding ortho intramolecular Hbond substituents is 1. The lowest BCUT2D eigenvalue weighted by Crippen LogP contribution is -1.94. The summed E-state index contributed by atoms with van der Waals surface area (Å²) in [6.45, 7) is 0. The van der Waals surface area contributed by atoms with E-state index in [0.29, 0.717) is 11.3 Å². The van der Waals surface area contributed by atoms with E-state index in [-0.39, 0.29) is 22.1 Å². The van der Waals surface area contributed by atoms with Crippen molar-refractivity contribution < 1.29 is 19.0 Å². The van der Waals surface area contributed by atoms with Crippen molar-refractivity contribution in [3.8, 4) is 11.5 Å². The van der Waals surface area contributed by atoms with Gasteiger partial charge < -0.3 is 9.84 Å². The maximum atomic E-state index is 13.0. The number of ether oxygens (including phenoxy) is 1. The molecule has 0 heterocycles.